The van der Waals surface area contributed by atoms with Gasteiger partial charge in [0, 0.05) is 10.0 Å². The van der Waals surface area contributed by atoms with E-state index < -0.39 is 34.1 Å². The molecule has 0 amide bonds. The molecule has 0 saturated heterocycles. The van der Waals surface area contributed by atoms with E-state index in [4.69, 9.17) is 4.74 Å². The highest BCUT2D eigenvalue weighted by Gasteiger charge is 2.54. The molecular formula is C18H28BrFNO3S+. The van der Waals surface area contributed by atoms with Crippen LogP contribution in [0.25, 0.3) is 0 Å². The smallest absolute Gasteiger partial charge is 0.313 e. The van der Waals surface area contributed by atoms with Crippen molar-refractivity contribution in [2.24, 2.45) is 5.41 Å². The average Bonchev–Trinajstić information content (AvgIpc) is 2.55. The third kappa shape index (κ3) is 4.76. The summed E-state index contributed by atoms with van der Waals surface area (Å²) in [7, 11) is 1.31. The molecule has 2 N–H and O–H groups in total. The van der Waals surface area contributed by atoms with Crippen molar-refractivity contribution >= 4 is 33.3 Å². The van der Waals surface area contributed by atoms with Crippen LogP contribution in [0.15, 0.2) is 22.7 Å². The first-order valence-corrected chi connectivity index (χ1v) is 10.3. The van der Waals surface area contributed by atoms with Crippen LogP contribution in [0.4, 0.5) is 4.39 Å². The predicted molar refractivity (Wildman–Crippen MR) is 105 cm³/mol. The molecule has 0 aliphatic carbocycles. The van der Waals surface area contributed by atoms with E-state index in [2.05, 4.69) is 20.7 Å². The standard InChI is InChI=1S/C18H28BrFNO3S/c1-7-8-12(2)25(23)21-18(5,17(3,4)16(22)24-6)14-11-13(19)9-10-15(14)20/h9-12,21,23H,7-8H2,1-6H3/q+1. The molecule has 3 unspecified atom stereocenters. The van der Waals surface area contributed by atoms with Crippen LogP contribution in [0.1, 0.15) is 53.0 Å². The summed E-state index contributed by atoms with van der Waals surface area (Å²) < 4.78 is 34.1. The SMILES string of the molecule is CCCC(C)[S+](O)NC(C)(c1cc(Br)ccc1F)C(C)(C)C(=O)OC. The van der Waals surface area contributed by atoms with E-state index >= 15 is 0 Å². The number of nitrogens with one attached hydrogen (secondary N) is 1. The van der Waals surface area contributed by atoms with Gasteiger partial charge in [0.1, 0.15) is 11.4 Å². The highest BCUT2D eigenvalue weighted by atomic mass is 79.9. The van der Waals surface area contributed by atoms with E-state index in [0.717, 1.165) is 12.8 Å². The van der Waals surface area contributed by atoms with Crippen molar-refractivity contribution < 1.29 is 18.5 Å². The maximum Gasteiger partial charge on any atom is 0.313 e. The molecule has 25 heavy (non-hydrogen) atoms. The van der Waals surface area contributed by atoms with E-state index in [9.17, 15) is 13.7 Å². The van der Waals surface area contributed by atoms with Gasteiger partial charge in [0.15, 0.2) is 5.25 Å². The van der Waals surface area contributed by atoms with Gasteiger partial charge in [-0.2, -0.15) is 4.55 Å². The van der Waals surface area contributed by atoms with Crippen molar-refractivity contribution in [1.29, 1.82) is 0 Å². The molecule has 0 saturated carbocycles. The van der Waals surface area contributed by atoms with E-state index in [0.29, 0.717) is 10.0 Å². The molecule has 0 aromatic heterocycles. The third-order valence-corrected chi connectivity index (χ3v) is 6.91. The van der Waals surface area contributed by atoms with Gasteiger partial charge in [0.2, 0.25) is 11.4 Å². The molecule has 1 rings (SSSR count). The molecule has 7 heteroatoms. The number of methoxy groups -OCH3 is 1. The number of benzene rings is 1. The predicted octanol–water partition coefficient (Wildman–Crippen LogP) is 4.79. The Balaban J connectivity index is 3.46. The maximum absolute atomic E-state index is 14.7. The first kappa shape index (κ1) is 22.4. The zero-order valence-corrected chi connectivity index (χ0v) is 18.1. The summed E-state index contributed by atoms with van der Waals surface area (Å²) in [5.41, 5.74) is -2.00. The molecule has 3 atom stereocenters. The largest absolute Gasteiger partial charge is 0.469 e. The molecule has 0 bridgehead atoms. The molecular weight excluding hydrogens is 409 g/mol. The van der Waals surface area contributed by atoms with E-state index in [1.807, 2.05) is 13.8 Å². The van der Waals surface area contributed by atoms with Gasteiger partial charge in [-0.25, -0.2) is 4.39 Å². The molecule has 0 radical (unpaired) electrons. The maximum atomic E-state index is 14.7. The highest BCUT2D eigenvalue weighted by molar-refractivity contribution is 9.10. The zero-order chi connectivity index (χ0) is 19.4. The second kappa shape index (κ2) is 8.84. The van der Waals surface area contributed by atoms with Crippen LogP contribution in [0.2, 0.25) is 0 Å². The number of carbonyl (C=O) groups is 1. The number of ether oxygens (including phenoxy) is 1. The van der Waals surface area contributed by atoms with Crippen molar-refractivity contribution in [2.45, 2.75) is 58.2 Å². The van der Waals surface area contributed by atoms with Crippen LogP contribution < -0.4 is 4.72 Å². The average molecular weight is 437 g/mol. The summed E-state index contributed by atoms with van der Waals surface area (Å²) >= 11 is 2.15. The van der Waals surface area contributed by atoms with Crippen molar-refractivity contribution in [3.05, 3.63) is 34.1 Å². The van der Waals surface area contributed by atoms with E-state index in [-0.39, 0.29) is 5.25 Å². The van der Waals surface area contributed by atoms with Crippen LogP contribution >= 0.6 is 15.9 Å². The van der Waals surface area contributed by atoms with E-state index in [1.54, 1.807) is 32.9 Å². The fraction of sp³-hybridized carbons (Fsp3) is 0.611. The lowest BCUT2D eigenvalue weighted by Gasteiger charge is -2.41. The van der Waals surface area contributed by atoms with Gasteiger partial charge in [-0.1, -0.05) is 34.0 Å². The first-order chi connectivity index (χ1) is 11.5. The van der Waals surface area contributed by atoms with Gasteiger partial charge in [-0.15, -0.1) is 0 Å². The molecule has 1 aromatic rings. The molecule has 1 aromatic carbocycles. The minimum atomic E-state index is -1.20. The summed E-state index contributed by atoms with van der Waals surface area (Å²) in [4.78, 5) is 12.5. The summed E-state index contributed by atoms with van der Waals surface area (Å²) in [6.07, 6.45) is 1.75. The minimum absolute atomic E-state index is 0.0204. The third-order valence-electron chi connectivity index (χ3n) is 4.80. The van der Waals surface area contributed by atoms with Crippen molar-refractivity contribution in [3.63, 3.8) is 0 Å². The van der Waals surface area contributed by atoms with E-state index in [1.165, 1.54) is 13.2 Å². The van der Waals surface area contributed by atoms with Crippen LogP contribution in [-0.4, -0.2) is 22.9 Å². The van der Waals surface area contributed by atoms with Gasteiger partial charge in [0.05, 0.1) is 12.5 Å². The lowest BCUT2D eigenvalue weighted by Crippen LogP contribution is -2.58. The Kier molecular flexibility index (Phi) is 7.93. The number of halogens is 2. The monoisotopic (exact) mass is 436 g/mol. The Bertz CT molecular complexity index is 614. The molecule has 4 nitrogen and oxygen atoms in total. The molecule has 0 aliphatic rings. The zero-order valence-electron chi connectivity index (χ0n) is 15.7. The Hall–Kier alpha value is -0.630. The van der Waals surface area contributed by atoms with Gasteiger partial charge >= 0.3 is 5.97 Å². The number of hydrogen-bond acceptors (Lipinski definition) is 4. The number of rotatable bonds is 8. The summed E-state index contributed by atoms with van der Waals surface area (Å²) in [5, 5.41) is -0.0204. The Morgan fingerprint density at radius 1 is 1.44 bits per heavy atom. The number of carbonyl (C=O) groups excluding carboxylic acids is 1. The van der Waals surface area contributed by atoms with Gasteiger partial charge in [-0.3, -0.25) is 4.79 Å². The second-order valence-corrected chi connectivity index (χ2v) is 9.44. The van der Waals surface area contributed by atoms with Crippen LogP contribution in [0.3, 0.4) is 0 Å². The molecule has 142 valence electrons. The quantitative estimate of drug-likeness (QED) is 0.454. The van der Waals surface area contributed by atoms with Crippen molar-refractivity contribution in [2.75, 3.05) is 7.11 Å². The summed E-state index contributed by atoms with van der Waals surface area (Å²) in [5.74, 6) is -0.933. The fourth-order valence-electron chi connectivity index (χ4n) is 2.69. The number of esters is 1. The van der Waals surface area contributed by atoms with Gasteiger partial charge in [0.25, 0.3) is 0 Å². The fourth-order valence-corrected chi connectivity index (χ4v) is 4.49. The normalized spacial score (nSPS) is 16.8. The van der Waals surface area contributed by atoms with Crippen LogP contribution in [0, 0.1) is 11.2 Å². The van der Waals surface area contributed by atoms with Crippen molar-refractivity contribution in [3.8, 4) is 0 Å². The first-order valence-electron chi connectivity index (χ1n) is 8.25. The van der Waals surface area contributed by atoms with Gasteiger partial charge in [-0.05, 0) is 52.3 Å². The second-order valence-electron chi connectivity index (χ2n) is 6.88. The minimum Gasteiger partial charge on any atom is -0.469 e. The topological polar surface area (TPSA) is 58.6 Å². The lowest BCUT2D eigenvalue weighted by atomic mass is 9.69. The molecule has 0 spiro atoms. The summed E-state index contributed by atoms with van der Waals surface area (Å²) in [6, 6.07) is 4.58. The van der Waals surface area contributed by atoms with Gasteiger partial charge < -0.3 is 4.74 Å². The molecule has 0 heterocycles. The summed E-state index contributed by atoms with van der Waals surface area (Å²) in [6.45, 7) is 9.08. The Morgan fingerprint density at radius 2 is 2.04 bits per heavy atom. The van der Waals surface area contributed by atoms with Crippen LogP contribution in [0.5, 0.6) is 0 Å². The number of hydrogen-bond donors (Lipinski definition) is 2. The molecule has 0 aliphatic heterocycles. The van der Waals surface area contributed by atoms with Crippen LogP contribution in [-0.2, 0) is 26.4 Å². The highest BCUT2D eigenvalue weighted by Crippen LogP contribution is 2.43. The molecule has 0 fully saturated rings. The lowest BCUT2D eigenvalue weighted by molar-refractivity contribution is -0.155. The Labute approximate surface area is 161 Å². The Morgan fingerprint density at radius 3 is 2.56 bits per heavy atom. The van der Waals surface area contributed by atoms with Crippen molar-refractivity contribution in [1.82, 2.24) is 4.72 Å².